The van der Waals surface area contributed by atoms with Crippen molar-refractivity contribution < 1.29 is 0 Å². The first-order valence-electron chi connectivity index (χ1n) is 6.10. The predicted octanol–water partition coefficient (Wildman–Crippen LogP) is 2.24. The van der Waals surface area contributed by atoms with Crippen LogP contribution in [-0.4, -0.2) is 28.0 Å². The van der Waals surface area contributed by atoms with E-state index in [2.05, 4.69) is 25.9 Å². The van der Waals surface area contributed by atoms with Crippen LogP contribution in [-0.2, 0) is 0 Å². The minimum absolute atomic E-state index is 0.762. The third-order valence-corrected chi connectivity index (χ3v) is 3.41. The number of fused-ring (bicyclic) bond motifs is 1. The first kappa shape index (κ1) is 10.4. The first-order valence-corrected chi connectivity index (χ1v) is 6.10. The van der Waals surface area contributed by atoms with Crippen molar-refractivity contribution in [1.82, 2.24) is 15.0 Å². The van der Waals surface area contributed by atoms with Crippen LogP contribution in [0.3, 0.4) is 0 Å². The average molecular weight is 228 g/mol. The van der Waals surface area contributed by atoms with Crippen molar-refractivity contribution in [2.75, 3.05) is 18.0 Å². The Morgan fingerprint density at radius 1 is 1.06 bits per heavy atom. The molecule has 3 rings (SSSR count). The molecule has 1 aliphatic rings. The molecule has 17 heavy (non-hydrogen) atoms. The standard InChI is InChI=1S/C13H16N4/c1-9-10(2)16-13-12(15-9)11(5-6-14-13)17-7-3-4-8-17/h5-6H,3-4,7-8H2,1-2H3. The second kappa shape index (κ2) is 3.95. The van der Waals surface area contributed by atoms with Crippen LogP contribution in [0, 0.1) is 13.8 Å². The van der Waals surface area contributed by atoms with Gasteiger partial charge in [-0.05, 0) is 32.8 Å². The summed E-state index contributed by atoms with van der Waals surface area (Å²) in [7, 11) is 0. The van der Waals surface area contributed by atoms with Gasteiger partial charge in [-0.3, -0.25) is 0 Å². The van der Waals surface area contributed by atoms with E-state index in [0.29, 0.717) is 0 Å². The Labute approximate surface area is 101 Å². The van der Waals surface area contributed by atoms with Crippen molar-refractivity contribution in [1.29, 1.82) is 0 Å². The van der Waals surface area contributed by atoms with Crippen LogP contribution in [0.1, 0.15) is 24.2 Å². The van der Waals surface area contributed by atoms with E-state index in [1.807, 2.05) is 20.0 Å². The van der Waals surface area contributed by atoms with Gasteiger partial charge in [0.1, 0.15) is 5.52 Å². The summed E-state index contributed by atoms with van der Waals surface area (Å²) in [6.45, 7) is 6.22. The molecular formula is C13H16N4. The van der Waals surface area contributed by atoms with Crippen molar-refractivity contribution in [3.8, 4) is 0 Å². The molecule has 0 radical (unpaired) electrons. The highest BCUT2D eigenvalue weighted by Gasteiger charge is 2.16. The average Bonchev–Trinajstić information content (AvgIpc) is 2.83. The Kier molecular flexibility index (Phi) is 2.42. The Balaban J connectivity index is 2.20. The van der Waals surface area contributed by atoms with Crippen molar-refractivity contribution in [3.05, 3.63) is 23.7 Å². The van der Waals surface area contributed by atoms with Crippen LogP contribution < -0.4 is 4.90 Å². The molecule has 0 atom stereocenters. The van der Waals surface area contributed by atoms with Crippen LogP contribution in [0.2, 0.25) is 0 Å². The molecule has 0 N–H and O–H groups in total. The van der Waals surface area contributed by atoms with Crippen LogP contribution >= 0.6 is 0 Å². The fourth-order valence-electron chi connectivity index (χ4n) is 2.32. The van der Waals surface area contributed by atoms with Crippen molar-refractivity contribution in [2.24, 2.45) is 0 Å². The van der Waals surface area contributed by atoms with E-state index in [9.17, 15) is 0 Å². The Morgan fingerprint density at radius 3 is 2.53 bits per heavy atom. The van der Waals surface area contributed by atoms with Crippen LogP contribution in [0.5, 0.6) is 0 Å². The lowest BCUT2D eigenvalue weighted by Gasteiger charge is -2.18. The molecule has 0 spiro atoms. The number of anilines is 1. The van der Waals surface area contributed by atoms with E-state index in [1.165, 1.54) is 18.5 Å². The molecule has 1 saturated heterocycles. The number of aromatic nitrogens is 3. The maximum atomic E-state index is 4.65. The number of hydrogen-bond donors (Lipinski definition) is 0. The Morgan fingerprint density at radius 2 is 1.76 bits per heavy atom. The van der Waals surface area contributed by atoms with Gasteiger partial charge in [0, 0.05) is 19.3 Å². The largest absolute Gasteiger partial charge is 0.370 e. The molecule has 1 aliphatic heterocycles. The van der Waals surface area contributed by atoms with Gasteiger partial charge in [-0.1, -0.05) is 0 Å². The molecule has 4 heteroatoms. The maximum Gasteiger partial charge on any atom is 0.180 e. The van der Waals surface area contributed by atoms with Gasteiger partial charge < -0.3 is 4.90 Å². The first-order chi connectivity index (χ1) is 8.25. The molecule has 0 aliphatic carbocycles. The lowest BCUT2D eigenvalue weighted by molar-refractivity contribution is 0.949. The zero-order valence-electron chi connectivity index (χ0n) is 10.3. The molecule has 0 unspecified atom stereocenters. The molecule has 0 bridgehead atoms. The highest BCUT2D eigenvalue weighted by atomic mass is 15.2. The zero-order valence-corrected chi connectivity index (χ0v) is 10.3. The summed E-state index contributed by atoms with van der Waals surface area (Å²) in [5.41, 5.74) is 4.84. The molecule has 0 amide bonds. The quantitative estimate of drug-likeness (QED) is 0.750. The summed E-state index contributed by atoms with van der Waals surface area (Å²) in [5.74, 6) is 0. The molecule has 88 valence electrons. The summed E-state index contributed by atoms with van der Waals surface area (Å²) in [6, 6.07) is 2.05. The van der Waals surface area contributed by atoms with Crippen molar-refractivity contribution in [2.45, 2.75) is 26.7 Å². The molecule has 2 aromatic heterocycles. The minimum atomic E-state index is 0.762. The number of pyridine rings is 1. The second-order valence-corrected chi connectivity index (χ2v) is 4.59. The van der Waals surface area contributed by atoms with Crippen LogP contribution in [0.25, 0.3) is 11.2 Å². The maximum absolute atomic E-state index is 4.65. The summed E-state index contributed by atoms with van der Waals surface area (Å²) < 4.78 is 0. The van der Waals surface area contributed by atoms with Gasteiger partial charge in [0.25, 0.3) is 0 Å². The SMILES string of the molecule is Cc1nc2nccc(N3CCCC3)c2nc1C. The number of rotatable bonds is 1. The van der Waals surface area contributed by atoms with E-state index in [1.54, 1.807) is 0 Å². The van der Waals surface area contributed by atoms with E-state index in [4.69, 9.17) is 0 Å². The van der Waals surface area contributed by atoms with Gasteiger partial charge in [0.2, 0.25) is 0 Å². The summed E-state index contributed by atoms with van der Waals surface area (Å²) in [5, 5.41) is 0. The van der Waals surface area contributed by atoms with E-state index in [-0.39, 0.29) is 0 Å². The summed E-state index contributed by atoms with van der Waals surface area (Å²) in [4.78, 5) is 15.9. The molecule has 0 aromatic carbocycles. The highest BCUT2D eigenvalue weighted by Crippen LogP contribution is 2.26. The van der Waals surface area contributed by atoms with Crippen LogP contribution in [0.15, 0.2) is 12.3 Å². The number of aryl methyl sites for hydroxylation is 2. The van der Waals surface area contributed by atoms with Gasteiger partial charge >= 0.3 is 0 Å². The summed E-state index contributed by atoms with van der Waals surface area (Å²) in [6.07, 6.45) is 4.36. The lowest BCUT2D eigenvalue weighted by atomic mass is 10.3. The molecule has 2 aromatic rings. The fraction of sp³-hybridized carbons (Fsp3) is 0.462. The van der Waals surface area contributed by atoms with Gasteiger partial charge in [-0.15, -0.1) is 0 Å². The Bertz CT molecular complexity index is 559. The molecular weight excluding hydrogens is 212 g/mol. The van der Waals surface area contributed by atoms with E-state index in [0.717, 1.165) is 35.6 Å². The minimum Gasteiger partial charge on any atom is -0.370 e. The van der Waals surface area contributed by atoms with Crippen LogP contribution in [0.4, 0.5) is 5.69 Å². The predicted molar refractivity (Wildman–Crippen MR) is 68.3 cm³/mol. The van der Waals surface area contributed by atoms with E-state index >= 15 is 0 Å². The zero-order chi connectivity index (χ0) is 11.8. The second-order valence-electron chi connectivity index (χ2n) is 4.59. The molecule has 3 heterocycles. The van der Waals surface area contributed by atoms with Crippen molar-refractivity contribution >= 4 is 16.9 Å². The molecule has 0 saturated carbocycles. The summed E-state index contributed by atoms with van der Waals surface area (Å²) >= 11 is 0. The van der Waals surface area contributed by atoms with Gasteiger partial charge in [-0.2, -0.15) is 0 Å². The normalized spacial score (nSPS) is 15.8. The third-order valence-electron chi connectivity index (χ3n) is 3.41. The topological polar surface area (TPSA) is 41.9 Å². The molecule has 4 nitrogen and oxygen atoms in total. The number of hydrogen-bond acceptors (Lipinski definition) is 4. The van der Waals surface area contributed by atoms with Gasteiger partial charge in [-0.25, -0.2) is 15.0 Å². The number of nitrogens with zero attached hydrogens (tertiary/aromatic N) is 4. The van der Waals surface area contributed by atoms with E-state index < -0.39 is 0 Å². The lowest BCUT2D eigenvalue weighted by Crippen LogP contribution is -2.18. The monoisotopic (exact) mass is 228 g/mol. The Hall–Kier alpha value is -1.71. The smallest absolute Gasteiger partial charge is 0.180 e. The van der Waals surface area contributed by atoms with Gasteiger partial charge in [0.05, 0.1) is 17.1 Å². The van der Waals surface area contributed by atoms with Gasteiger partial charge in [0.15, 0.2) is 5.65 Å². The van der Waals surface area contributed by atoms with Crippen molar-refractivity contribution in [3.63, 3.8) is 0 Å². The molecule has 1 fully saturated rings. The third kappa shape index (κ3) is 1.73. The fourth-order valence-corrected chi connectivity index (χ4v) is 2.32. The highest BCUT2D eigenvalue weighted by molar-refractivity contribution is 5.85.